The van der Waals surface area contributed by atoms with E-state index in [0.717, 1.165) is 24.3 Å². The Kier molecular flexibility index (Phi) is 12.4. The molecule has 0 aliphatic rings. The molecule has 0 fully saturated rings. The number of sulfonamides is 1. The lowest BCUT2D eigenvalue weighted by atomic mass is 9.88. The van der Waals surface area contributed by atoms with E-state index in [0.29, 0.717) is 0 Å². The van der Waals surface area contributed by atoms with Crippen molar-refractivity contribution in [3.8, 4) is 5.75 Å². The van der Waals surface area contributed by atoms with Crippen LogP contribution in [0.3, 0.4) is 0 Å². The molecule has 49 heavy (non-hydrogen) atoms. The highest BCUT2D eigenvalue weighted by Gasteiger charge is 2.95. The molecule has 1 aromatic carbocycles. The van der Waals surface area contributed by atoms with E-state index in [9.17, 15) is 96.2 Å². The second kappa shape index (κ2) is 13.9. The Labute approximate surface area is 259 Å². The predicted octanol–water partition coefficient (Wildman–Crippen LogP) is 8.52. The van der Waals surface area contributed by atoms with Gasteiger partial charge >= 0.3 is 63.2 Å². The molecule has 1 atom stereocenters. The number of ether oxygens (including phenoxy) is 1. The Morgan fingerprint density at radius 1 is 0.694 bits per heavy atom. The van der Waals surface area contributed by atoms with Crippen LogP contribution in [0, 0.1) is 0 Å². The van der Waals surface area contributed by atoms with Crippen LogP contribution in [0.15, 0.2) is 29.4 Å². The van der Waals surface area contributed by atoms with E-state index in [2.05, 4.69) is 10.0 Å². The van der Waals surface area contributed by atoms with Gasteiger partial charge in [0.25, 0.3) is 0 Å². The zero-order valence-electron chi connectivity index (χ0n) is 23.0. The Morgan fingerprint density at radius 2 is 1.12 bits per heavy atom. The average Bonchev–Trinajstić information content (AvgIpc) is 2.92. The van der Waals surface area contributed by atoms with Gasteiger partial charge in [0.2, 0.25) is 0 Å². The zero-order chi connectivity index (χ0) is 38.9. The molecule has 0 saturated heterocycles. The van der Waals surface area contributed by atoms with Crippen LogP contribution in [0.4, 0.5) is 87.8 Å². The second-order valence-corrected chi connectivity index (χ2v) is 11.3. The van der Waals surface area contributed by atoms with Crippen LogP contribution in [0.25, 0.3) is 10.4 Å². The first-order valence-corrected chi connectivity index (χ1v) is 13.6. The van der Waals surface area contributed by atoms with Crippen molar-refractivity contribution in [2.45, 2.75) is 78.4 Å². The maximum atomic E-state index is 14.0. The quantitative estimate of drug-likeness (QED) is 0.0564. The predicted molar refractivity (Wildman–Crippen MR) is 121 cm³/mol. The molecule has 0 unspecified atom stereocenters. The molecule has 1 rings (SSSR count). The summed E-state index contributed by atoms with van der Waals surface area (Å²) in [4.78, 5) is 2.24. The third-order valence-corrected chi connectivity index (χ3v) is 7.34. The molecule has 284 valence electrons. The molecule has 0 heterocycles. The Bertz CT molecular complexity index is 1440. The van der Waals surface area contributed by atoms with E-state index in [1.807, 2.05) is 0 Å². The van der Waals surface area contributed by atoms with E-state index in [-0.39, 0.29) is 5.56 Å². The van der Waals surface area contributed by atoms with Gasteiger partial charge in [-0.25, -0.2) is 13.1 Å². The molecule has 1 N–H and O–H groups in total. The molecule has 0 spiro atoms. The number of halogens is 20. The van der Waals surface area contributed by atoms with Gasteiger partial charge < -0.3 is 4.74 Å². The van der Waals surface area contributed by atoms with Gasteiger partial charge in [-0.2, -0.15) is 87.8 Å². The fourth-order valence-electron chi connectivity index (χ4n) is 3.41. The van der Waals surface area contributed by atoms with Gasteiger partial charge in [-0.1, -0.05) is 17.2 Å². The smallest absolute Gasteiger partial charge is 0.494 e. The molecule has 0 amide bonds. The maximum absolute atomic E-state index is 14.0. The molecule has 0 aromatic heterocycles. The Morgan fingerprint density at radius 3 is 1.53 bits per heavy atom. The SMILES string of the molecule is [N-]=[N+]=NC[C@H](Cc1ccc(OCCCC(F)(F)C(F)(F)C(F)(F)C(F)(F)C(F)(F)C(F)(F)C(F)(F)C(F)(F)F)cc1)NS(=O)(=O)C(F)(F)F. The fourth-order valence-corrected chi connectivity index (χ4v) is 4.14. The number of hydrogen-bond donors (Lipinski definition) is 1. The number of hydrogen-bond acceptors (Lipinski definition) is 4. The van der Waals surface area contributed by atoms with Crippen molar-refractivity contribution in [1.29, 1.82) is 0 Å². The molecule has 0 radical (unpaired) electrons. The topological polar surface area (TPSA) is 104 Å². The van der Waals surface area contributed by atoms with E-state index in [1.165, 1.54) is 4.72 Å². The van der Waals surface area contributed by atoms with Crippen LogP contribution >= 0.6 is 0 Å². The summed E-state index contributed by atoms with van der Waals surface area (Å²) < 4.78 is 293. The highest BCUT2D eigenvalue weighted by Crippen LogP contribution is 2.64. The number of alkyl halides is 20. The summed E-state index contributed by atoms with van der Waals surface area (Å²) in [6.45, 7) is -2.10. The van der Waals surface area contributed by atoms with E-state index >= 15 is 0 Å². The average molecular weight is 784 g/mol. The van der Waals surface area contributed by atoms with E-state index < -0.39 is 107 Å². The molecule has 1 aromatic rings. The van der Waals surface area contributed by atoms with Gasteiger partial charge in [0, 0.05) is 23.9 Å². The molecule has 0 aliphatic carbocycles. The molecular weight excluding hydrogens is 768 g/mol. The van der Waals surface area contributed by atoms with Gasteiger partial charge in [-0.05, 0) is 36.1 Å². The lowest BCUT2D eigenvalue weighted by Crippen LogP contribution is -2.74. The lowest BCUT2D eigenvalue weighted by molar-refractivity contribution is -0.461. The van der Waals surface area contributed by atoms with Gasteiger partial charge in [0.15, 0.2) is 0 Å². The van der Waals surface area contributed by atoms with Crippen molar-refractivity contribution in [2.75, 3.05) is 13.2 Å². The van der Waals surface area contributed by atoms with Crippen molar-refractivity contribution in [1.82, 2.24) is 4.72 Å². The minimum Gasteiger partial charge on any atom is -0.494 e. The fraction of sp³-hybridized carbons (Fsp3) is 0.714. The van der Waals surface area contributed by atoms with Crippen molar-refractivity contribution in [3.05, 3.63) is 40.3 Å². The lowest BCUT2D eigenvalue weighted by Gasteiger charge is -2.42. The highest BCUT2D eigenvalue weighted by molar-refractivity contribution is 7.90. The normalized spacial score (nSPS) is 15.5. The first-order valence-electron chi connectivity index (χ1n) is 12.1. The number of rotatable bonds is 17. The number of nitrogens with one attached hydrogen (secondary N) is 1. The summed E-state index contributed by atoms with van der Waals surface area (Å²) in [5.41, 5.74) is 2.53. The van der Waals surface area contributed by atoms with Crippen molar-refractivity contribution < 1.29 is 101 Å². The van der Waals surface area contributed by atoms with Crippen LogP contribution in [0.5, 0.6) is 5.75 Å². The van der Waals surface area contributed by atoms with Crippen LogP contribution in [0.2, 0.25) is 0 Å². The van der Waals surface area contributed by atoms with Gasteiger partial charge in [0.1, 0.15) is 5.75 Å². The molecular formula is C21H16F20N4O3S. The monoisotopic (exact) mass is 784 g/mol. The first-order chi connectivity index (χ1) is 21.6. The molecule has 0 saturated carbocycles. The molecule has 0 aliphatic heterocycles. The summed E-state index contributed by atoms with van der Waals surface area (Å²) in [6.07, 6.45) is -12.8. The summed E-state index contributed by atoms with van der Waals surface area (Å²) >= 11 is 0. The number of azide groups is 1. The molecule has 0 bridgehead atoms. The summed E-state index contributed by atoms with van der Waals surface area (Å²) in [7, 11) is -5.94. The van der Waals surface area contributed by atoms with Crippen LogP contribution < -0.4 is 9.46 Å². The Balaban J connectivity index is 3.07. The minimum atomic E-state index is -8.73. The second-order valence-electron chi connectivity index (χ2n) is 9.63. The van der Waals surface area contributed by atoms with E-state index in [4.69, 9.17) is 10.3 Å². The van der Waals surface area contributed by atoms with Crippen LogP contribution in [-0.2, 0) is 16.4 Å². The number of nitrogens with zero attached hydrogens (tertiary/aromatic N) is 3. The van der Waals surface area contributed by atoms with Crippen LogP contribution in [0.1, 0.15) is 18.4 Å². The largest absolute Gasteiger partial charge is 0.511 e. The van der Waals surface area contributed by atoms with Crippen molar-refractivity contribution >= 4 is 10.0 Å². The maximum Gasteiger partial charge on any atom is 0.511 e. The van der Waals surface area contributed by atoms with Gasteiger partial charge in [-0.3, -0.25) is 0 Å². The summed E-state index contributed by atoms with van der Waals surface area (Å²) in [6, 6.07) is 1.95. The van der Waals surface area contributed by atoms with Crippen molar-refractivity contribution in [3.63, 3.8) is 0 Å². The standard InChI is InChI=1S/C21H16F20N4O3S/c22-13(23,14(24,25)15(26,27)16(28,29)17(30,31)18(32,33)19(34,35)20(36,37)38)6-1-7-48-12-4-2-10(3-5-12)8-11(9-43-45-42)44-49(46,47)21(39,40)41/h2-5,11,44H,1,6-9H2/t11-/m0/s1. The minimum absolute atomic E-state index is 0.0277. The van der Waals surface area contributed by atoms with Crippen molar-refractivity contribution in [2.24, 2.45) is 5.11 Å². The summed E-state index contributed by atoms with van der Waals surface area (Å²) in [5.74, 6) is -57.5. The first kappa shape index (κ1) is 43.9. The summed E-state index contributed by atoms with van der Waals surface area (Å²) in [5, 5.41) is 2.93. The third-order valence-electron chi connectivity index (χ3n) is 6.09. The molecule has 28 heteroatoms. The number of benzene rings is 1. The highest BCUT2D eigenvalue weighted by atomic mass is 32.2. The Hall–Kier alpha value is -3.16. The third kappa shape index (κ3) is 8.26. The van der Waals surface area contributed by atoms with E-state index in [1.54, 1.807) is 0 Å². The molecule has 7 nitrogen and oxygen atoms in total. The van der Waals surface area contributed by atoms with Gasteiger partial charge in [-0.15, -0.1) is 0 Å². The van der Waals surface area contributed by atoms with Crippen LogP contribution in [-0.4, -0.2) is 80.8 Å². The zero-order valence-corrected chi connectivity index (χ0v) is 23.8. The van der Waals surface area contributed by atoms with Gasteiger partial charge in [0.05, 0.1) is 6.61 Å².